The Labute approximate surface area is 246 Å². The fourth-order valence-corrected chi connectivity index (χ4v) is 6.92. The first-order chi connectivity index (χ1) is 19.9. The number of hydrogen-bond acceptors (Lipinski definition) is 8. The van der Waals surface area contributed by atoms with Gasteiger partial charge in [0.2, 0.25) is 0 Å². The van der Waals surface area contributed by atoms with E-state index in [4.69, 9.17) is 0 Å². The molecule has 2 aliphatic rings. The number of amides is 1. The molecule has 0 bridgehead atoms. The van der Waals surface area contributed by atoms with Crippen LogP contribution in [0.1, 0.15) is 57.7 Å². The van der Waals surface area contributed by atoms with Crippen molar-refractivity contribution in [2.45, 2.75) is 46.3 Å². The van der Waals surface area contributed by atoms with Gasteiger partial charge in [-0.1, -0.05) is 13.8 Å². The predicted octanol–water partition coefficient (Wildman–Crippen LogP) is 4.51. The zero-order valence-corrected chi connectivity index (χ0v) is 25.1. The highest BCUT2D eigenvalue weighted by Gasteiger charge is 2.40. The lowest BCUT2D eigenvalue weighted by Crippen LogP contribution is -2.36. The molecule has 1 atom stereocenters. The standard InChI is InChI=1S/C30H34FN7O3S/c1-16-18(7-8-20(31)26(16)33-28(40)23-12-19-24(42-23)14-30(2,3)27(19)39)21-13-22(29(41)37(5)34-21)32-25-11-17(36(4)35-25)15-38-9-6-10-38/h7-8,11-13,27,39H,6,9-10,14-15H2,1-5H3,(H,32,35)(H,33,40). The van der Waals surface area contributed by atoms with Crippen LogP contribution in [0.15, 0.2) is 35.1 Å². The molecule has 1 aliphatic carbocycles. The number of hydrogen-bond donors (Lipinski definition) is 3. The van der Waals surface area contributed by atoms with Crippen molar-refractivity contribution in [3.63, 3.8) is 0 Å². The average molecular weight is 592 g/mol. The number of carbonyl (C=O) groups is 1. The van der Waals surface area contributed by atoms with Crippen LogP contribution in [0.25, 0.3) is 11.3 Å². The number of carbonyl (C=O) groups excluding carboxylic acids is 1. The number of nitrogens with one attached hydrogen (secondary N) is 2. The highest BCUT2D eigenvalue weighted by Crippen LogP contribution is 2.48. The Morgan fingerprint density at radius 2 is 1.93 bits per heavy atom. The molecule has 1 saturated heterocycles. The highest BCUT2D eigenvalue weighted by atomic mass is 32.1. The molecule has 1 aromatic carbocycles. The largest absolute Gasteiger partial charge is 0.388 e. The molecule has 4 heterocycles. The maximum Gasteiger partial charge on any atom is 0.290 e. The third kappa shape index (κ3) is 5.03. The number of thiophene rings is 1. The summed E-state index contributed by atoms with van der Waals surface area (Å²) in [5.41, 5.74) is 2.97. The quantitative estimate of drug-likeness (QED) is 0.290. The van der Waals surface area contributed by atoms with E-state index < -0.39 is 17.8 Å². The van der Waals surface area contributed by atoms with Gasteiger partial charge in [0.15, 0.2) is 5.82 Å². The lowest BCUT2D eigenvalue weighted by molar-refractivity contribution is 0.0665. The predicted molar refractivity (Wildman–Crippen MR) is 161 cm³/mol. The van der Waals surface area contributed by atoms with Gasteiger partial charge >= 0.3 is 0 Å². The Kier molecular flexibility index (Phi) is 7.03. The Morgan fingerprint density at radius 3 is 2.62 bits per heavy atom. The second-order valence-electron chi connectivity index (χ2n) is 11.9. The van der Waals surface area contributed by atoms with Gasteiger partial charge in [-0.25, -0.2) is 9.07 Å². The molecule has 4 aromatic rings. The number of anilines is 3. The van der Waals surface area contributed by atoms with Crippen LogP contribution in [0.3, 0.4) is 0 Å². The van der Waals surface area contributed by atoms with E-state index in [2.05, 4.69) is 25.7 Å². The van der Waals surface area contributed by atoms with Crippen LogP contribution in [0.4, 0.5) is 21.6 Å². The molecule has 3 N–H and O–H groups in total. The fourth-order valence-electron chi connectivity index (χ4n) is 5.59. The second-order valence-corrected chi connectivity index (χ2v) is 13.0. The molecule has 10 nitrogen and oxygen atoms in total. The van der Waals surface area contributed by atoms with E-state index in [0.717, 1.165) is 35.8 Å². The summed E-state index contributed by atoms with van der Waals surface area (Å²) in [6, 6.07) is 8.10. The third-order valence-corrected chi connectivity index (χ3v) is 9.43. The molecule has 6 rings (SSSR count). The van der Waals surface area contributed by atoms with Crippen molar-refractivity contribution in [1.29, 1.82) is 0 Å². The zero-order chi connectivity index (χ0) is 29.9. The maximum atomic E-state index is 15.1. The van der Waals surface area contributed by atoms with Gasteiger partial charge in [0.25, 0.3) is 11.5 Å². The summed E-state index contributed by atoms with van der Waals surface area (Å²) in [6.07, 6.45) is 1.23. The summed E-state index contributed by atoms with van der Waals surface area (Å²) < 4.78 is 18.1. The monoisotopic (exact) mass is 591 g/mol. The molecule has 1 aliphatic heterocycles. The summed E-state index contributed by atoms with van der Waals surface area (Å²) in [5, 5.41) is 25.4. The second kappa shape index (κ2) is 10.4. The van der Waals surface area contributed by atoms with Gasteiger partial charge in [0, 0.05) is 37.1 Å². The summed E-state index contributed by atoms with van der Waals surface area (Å²) >= 11 is 1.32. The summed E-state index contributed by atoms with van der Waals surface area (Å²) in [4.78, 5) is 29.9. The zero-order valence-electron chi connectivity index (χ0n) is 24.3. The van der Waals surface area contributed by atoms with Gasteiger partial charge in [-0.2, -0.15) is 10.2 Å². The van der Waals surface area contributed by atoms with E-state index in [9.17, 15) is 14.7 Å². The van der Waals surface area contributed by atoms with E-state index in [-0.39, 0.29) is 22.3 Å². The van der Waals surface area contributed by atoms with Crippen LogP contribution < -0.4 is 16.2 Å². The van der Waals surface area contributed by atoms with Gasteiger partial charge in [-0.3, -0.25) is 19.2 Å². The first kappa shape index (κ1) is 28.3. The number of benzene rings is 1. The normalized spacial score (nSPS) is 17.6. The molecule has 1 fully saturated rings. The SMILES string of the molecule is Cc1c(-c2cc(Nc3cc(CN4CCC4)n(C)n3)c(=O)n(C)n2)ccc(F)c1NC(=O)c1cc2c(s1)CC(C)(C)C2O. The minimum absolute atomic E-state index is 0.0393. The van der Waals surface area contributed by atoms with Crippen LogP contribution in [0.2, 0.25) is 0 Å². The number of aromatic nitrogens is 4. The molecule has 1 unspecified atom stereocenters. The molecular formula is C30H34FN7O3S. The molecule has 3 aromatic heterocycles. The Hall–Kier alpha value is -3.87. The maximum absolute atomic E-state index is 15.1. The fraction of sp³-hybridized carbons (Fsp3) is 0.400. The van der Waals surface area contributed by atoms with Crippen molar-refractivity contribution in [3.05, 3.63) is 73.1 Å². The lowest BCUT2D eigenvalue weighted by Gasteiger charge is -2.30. The Balaban J connectivity index is 1.27. The number of aryl methyl sites for hydroxylation is 2. The van der Waals surface area contributed by atoms with Gasteiger partial charge in [-0.05, 0) is 73.7 Å². The molecule has 220 valence electrons. The van der Waals surface area contributed by atoms with E-state index in [1.807, 2.05) is 27.0 Å². The van der Waals surface area contributed by atoms with Crippen molar-refractivity contribution in [2.24, 2.45) is 19.5 Å². The Morgan fingerprint density at radius 1 is 1.17 bits per heavy atom. The lowest BCUT2D eigenvalue weighted by atomic mass is 9.88. The van der Waals surface area contributed by atoms with Crippen LogP contribution >= 0.6 is 11.3 Å². The van der Waals surface area contributed by atoms with Gasteiger partial charge in [0.1, 0.15) is 11.5 Å². The molecule has 0 spiro atoms. The van der Waals surface area contributed by atoms with Gasteiger partial charge in [0.05, 0.1) is 28.1 Å². The summed E-state index contributed by atoms with van der Waals surface area (Å²) in [5.74, 6) is -0.484. The van der Waals surface area contributed by atoms with Gasteiger partial charge < -0.3 is 15.7 Å². The van der Waals surface area contributed by atoms with Crippen molar-refractivity contribution >= 4 is 34.4 Å². The first-order valence-corrected chi connectivity index (χ1v) is 14.7. The van der Waals surface area contributed by atoms with Crippen molar-refractivity contribution in [3.8, 4) is 11.3 Å². The Bertz CT molecular complexity index is 1770. The molecular weight excluding hydrogens is 557 g/mol. The molecule has 42 heavy (non-hydrogen) atoms. The van der Waals surface area contributed by atoms with E-state index in [1.54, 1.807) is 36.9 Å². The number of halogens is 1. The number of aliphatic hydroxyl groups excluding tert-OH is 1. The average Bonchev–Trinajstić information content (AvgIpc) is 3.53. The number of likely N-dealkylation sites (tertiary alicyclic amines) is 1. The number of aliphatic hydroxyl groups is 1. The summed E-state index contributed by atoms with van der Waals surface area (Å²) in [6.45, 7) is 8.61. The van der Waals surface area contributed by atoms with E-state index in [1.165, 1.54) is 28.5 Å². The summed E-state index contributed by atoms with van der Waals surface area (Å²) in [7, 11) is 3.43. The number of rotatable bonds is 7. The minimum atomic E-state index is -0.649. The molecule has 0 saturated carbocycles. The number of nitrogens with zero attached hydrogens (tertiary/aromatic N) is 5. The highest BCUT2D eigenvalue weighted by molar-refractivity contribution is 7.14. The van der Waals surface area contributed by atoms with E-state index in [0.29, 0.717) is 33.9 Å². The topological polar surface area (TPSA) is 117 Å². The smallest absolute Gasteiger partial charge is 0.290 e. The first-order valence-electron chi connectivity index (χ1n) is 13.9. The van der Waals surface area contributed by atoms with Crippen LogP contribution in [0.5, 0.6) is 0 Å². The van der Waals surface area contributed by atoms with Crippen LogP contribution in [-0.2, 0) is 27.1 Å². The van der Waals surface area contributed by atoms with Crippen LogP contribution in [0, 0.1) is 18.2 Å². The molecule has 12 heteroatoms. The number of fused-ring (bicyclic) bond motifs is 1. The minimum Gasteiger partial charge on any atom is -0.388 e. The van der Waals surface area contributed by atoms with Crippen molar-refractivity contribution < 1.29 is 14.3 Å². The van der Waals surface area contributed by atoms with Crippen LogP contribution in [-0.4, -0.2) is 48.6 Å². The molecule has 1 amide bonds. The van der Waals surface area contributed by atoms with Crippen molar-refractivity contribution in [1.82, 2.24) is 24.5 Å². The molecule has 0 radical (unpaired) electrons. The van der Waals surface area contributed by atoms with Gasteiger partial charge in [-0.15, -0.1) is 11.3 Å². The van der Waals surface area contributed by atoms with Crippen molar-refractivity contribution in [2.75, 3.05) is 23.7 Å². The third-order valence-electron chi connectivity index (χ3n) is 8.28. The van der Waals surface area contributed by atoms with E-state index >= 15 is 4.39 Å².